The zero-order valence-corrected chi connectivity index (χ0v) is 9.65. The van der Waals surface area contributed by atoms with Crippen molar-refractivity contribution in [3.63, 3.8) is 0 Å². The lowest BCUT2D eigenvalue weighted by Gasteiger charge is -2.03. The molecule has 0 aromatic carbocycles. The Bertz CT molecular complexity index is 846. The van der Waals surface area contributed by atoms with E-state index < -0.39 is 11.2 Å². The summed E-state index contributed by atoms with van der Waals surface area (Å²) in [6.45, 7) is 0.389. The third-order valence-corrected chi connectivity index (χ3v) is 2.75. The average molecular weight is 259 g/mol. The van der Waals surface area contributed by atoms with Crippen molar-refractivity contribution in [2.24, 2.45) is 0 Å². The monoisotopic (exact) mass is 259 g/mol. The fourth-order valence-corrected chi connectivity index (χ4v) is 1.85. The highest BCUT2D eigenvalue weighted by Crippen LogP contribution is 2.07. The van der Waals surface area contributed by atoms with Crippen LogP contribution in [0.2, 0.25) is 0 Å². The molecule has 8 heteroatoms. The van der Waals surface area contributed by atoms with Gasteiger partial charge in [0.15, 0.2) is 11.2 Å². The SMILES string of the molecule is O=c1[nH]c2ncn(Cc3ccncc3)c2c(=O)n1O. The lowest BCUT2D eigenvalue weighted by molar-refractivity contribution is 0.162. The van der Waals surface area contributed by atoms with Crippen LogP contribution in [0.3, 0.4) is 0 Å². The first kappa shape index (κ1) is 11.2. The van der Waals surface area contributed by atoms with Crippen molar-refractivity contribution < 1.29 is 5.21 Å². The predicted molar refractivity (Wildman–Crippen MR) is 65.1 cm³/mol. The number of pyridine rings is 1. The number of nitrogens with zero attached hydrogens (tertiary/aromatic N) is 4. The van der Waals surface area contributed by atoms with Gasteiger partial charge in [0.2, 0.25) is 0 Å². The summed E-state index contributed by atoms with van der Waals surface area (Å²) in [6.07, 6.45) is 4.71. The standard InChI is InChI=1S/C11H9N5O3/c17-10-8-9(14-11(18)16(10)19)13-6-15(8)5-7-1-3-12-4-2-7/h1-4,6,19H,5H2,(H,14,18). The zero-order valence-electron chi connectivity index (χ0n) is 9.65. The van der Waals surface area contributed by atoms with Crippen LogP contribution in [0.15, 0.2) is 40.4 Å². The predicted octanol–water partition coefficient (Wildman–Crippen LogP) is -0.433. The molecule has 0 aliphatic rings. The van der Waals surface area contributed by atoms with Crippen molar-refractivity contribution in [3.8, 4) is 0 Å². The van der Waals surface area contributed by atoms with E-state index in [1.807, 2.05) is 0 Å². The molecule has 19 heavy (non-hydrogen) atoms. The molecule has 0 aliphatic heterocycles. The second kappa shape index (κ2) is 4.09. The van der Waals surface area contributed by atoms with Crippen LogP contribution in [-0.2, 0) is 6.54 Å². The highest BCUT2D eigenvalue weighted by Gasteiger charge is 2.12. The Morgan fingerprint density at radius 2 is 2.00 bits per heavy atom. The van der Waals surface area contributed by atoms with E-state index >= 15 is 0 Å². The fraction of sp³-hybridized carbons (Fsp3) is 0.0909. The number of aromatic nitrogens is 5. The lowest BCUT2D eigenvalue weighted by atomic mass is 10.3. The van der Waals surface area contributed by atoms with Gasteiger partial charge in [-0.2, -0.15) is 0 Å². The molecule has 0 amide bonds. The molecule has 0 atom stereocenters. The highest BCUT2D eigenvalue weighted by atomic mass is 16.5. The molecule has 0 radical (unpaired) electrons. The largest absolute Gasteiger partial charge is 0.421 e. The minimum Gasteiger partial charge on any atom is -0.421 e. The summed E-state index contributed by atoms with van der Waals surface area (Å²) in [5, 5.41) is 9.32. The van der Waals surface area contributed by atoms with Crippen LogP contribution < -0.4 is 11.2 Å². The summed E-state index contributed by atoms with van der Waals surface area (Å²) < 4.78 is 1.59. The first-order chi connectivity index (χ1) is 9.16. The molecule has 0 saturated heterocycles. The van der Waals surface area contributed by atoms with Crippen LogP contribution >= 0.6 is 0 Å². The molecule has 2 N–H and O–H groups in total. The Morgan fingerprint density at radius 3 is 2.74 bits per heavy atom. The number of fused-ring (bicyclic) bond motifs is 1. The zero-order chi connectivity index (χ0) is 13.4. The van der Waals surface area contributed by atoms with Crippen LogP contribution in [0.4, 0.5) is 0 Å². The molecule has 0 saturated carbocycles. The van der Waals surface area contributed by atoms with Crippen molar-refractivity contribution in [3.05, 3.63) is 57.3 Å². The number of imidazole rings is 1. The molecule has 3 heterocycles. The summed E-state index contributed by atoms with van der Waals surface area (Å²) in [6, 6.07) is 3.60. The Hall–Kier alpha value is -2.90. The van der Waals surface area contributed by atoms with E-state index in [4.69, 9.17) is 0 Å². The molecule has 0 unspecified atom stereocenters. The maximum absolute atomic E-state index is 11.8. The van der Waals surface area contributed by atoms with Crippen molar-refractivity contribution in [1.82, 2.24) is 24.2 Å². The molecule has 0 aliphatic carbocycles. The van der Waals surface area contributed by atoms with Crippen LogP contribution in [-0.4, -0.2) is 29.5 Å². The van der Waals surface area contributed by atoms with E-state index in [9.17, 15) is 14.8 Å². The van der Waals surface area contributed by atoms with Gasteiger partial charge in [-0.25, -0.2) is 9.78 Å². The first-order valence-electron chi connectivity index (χ1n) is 5.45. The maximum atomic E-state index is 11.8. The number of nitrogens with one attached hydrogen (secondary N) is 1. The smallest absolute Gasteiger partial charge is 0.363 e. The summed E-state index contributed by atoms with van der Waals surface area (Å²) in [4.78, 5) is 33.2. The second-order valence-electron chi connectivity index (χ2n) is 3.97. The van der Waals surface area contributed by atoms with Crippen molar-refractivity contribution >= 4 is 11.2 Å². The van der Waals surface area contributed by atoms with Crippen molar-refractivity contribution in [2.75, 3.05) is 0 Å². The molecule has 96 valence electrons. The van der Waals surface area contributed by atoms with Gasteiger partial charge < -0.3 is 9.77 Å². The van der Waals surface area contributed by atoms with Gasteiger partial charge in [0.25, 0.3) is 0 Å². The molecule has 3 aromatic rings. The Balaban J connectivity index is 2.19. The normalized spacial score (nSPS) is 10.9. The van der Waals surface area contributed by atoms with Gasteiger partial charge in [0, 0.05) is 18.9 Å². The van der Waals surface area contributed by atoms with E-state index in [1.54, 1.807) is 29.1 Å². The third-order valence-electron chi connectivity index (χ3n) is 2.75. The molecule has 0 fully saturated rings. The van der Waals surface area contributed by atoms with Gasteiger partial charge in [-0.15, -0.1) is 0 Å². The summed E-state index contributed by atoms with van der Waals surface area (Å²) in [5.74, 6) is 0. The second-order valence-corrected chi connectivity index (χ2v) is 3.97. The van der Waals surface area contributed by atoms with E-state index in [-0.39, 0.29) is 15.9 Å². The number of aromatic amines is 1. The molecule has 0 bridgehead atoms. The average Bonchev–Trinajstić information content (AvgIpc) is 2.80. The number of rotatable bonds is 2. The Morgan fingerprint density at radius 1 is 1.26 bits per heavy atom. The first-order valence-corrected chi connectivity index (χ1v) is 5.45. The van der Waals surface area contributed by atoms with Gasteiger partial charge in [-0.05, 0) is 17.7 Å². The minimum atomic E-state index is -0.910. The minimum absolute atomic E-state index is 0.0348. The Labute approximate surface area is 105 Å². The third kappa shape index (κ3) is 1.79. The number of H-pyrrole nitrogens is 1. The summed E-state index contributed by atoms with van der Waals surface area (Å²) in [5.41, 5.74) is -0.505. The van der Waals surface area contributed by atoms with Crippen molar-refractivity contribution in [1.29, 1.82) is 0 Å². The van der Waals surface area contributed by atoms with Gasteiger partial charge in [0.1, 0.15) is 0 Å². The van der Waals surface area contributed by atoms with Gasteiger partial charge in [0.05, 0.1) is 6.33 Å². The molecule has 3 rings (SSSR count). The van der Waals surface area contributed by atoms with E-state index in [2.05, 4.69) is 15.0 Å². The fourth-order valence-electron chi connectivity index (χ4n) is 1.85. The number of hydrogen-bond acceptors (Lipinski definition) is 5. The molecule has 8 nitrogen and oxygen atoms in total. The maximum Gasteiger partial charge on any atom is 0.363 e. The van der Waals surface area contributed by atoms with Gasteiger partial charge >= 0.3 is 11.2 Å². The Kier molecular flexibility index (Phi) is 2.41. The summed E-state index contributed by atoms with van der Waals surface area (Å²) >= 11 is 0. The highest BCUT2D eigenvalue weighted by molar-refractivity contribution is 5.69. The van der Waals surface area contributed by atoms with Gasteiger partial charge in [-0.3, -0.25) is 14.8 Å². The van der Waals surface area contributed by atoms with Crippen LogP contribution in [0.5, 0.6) is 0 Å². The quantitative estimate of drug-likeness (QED) is 0.607. The van der Waals surface area contributed by atoms with Crippen LogP contribution in [0.25, 0.3) is 11.2 Å². The molecule has 3 aromatic heterocycles. The van der Waals surface area contributed by atoms with Crippen molar-refractivity contribution in [2.45, 2.75) is 6.54 Å². The molecular formula is C11H9N5O3. The van der Waals surface area contributed by atoms with E-state index in [0.29, 0.717) is 6.54 Å². The molecule has 0 spiro atoms. The van der Waals surface area contributed by atoms with E-state index in [1.165, 1.54) is 6.33 Å². The number of hydrogen-bond donors (Lipinski definition) is 2. The van der Waals surface area contributed by atoms with Gasteiger partial charge in [-0.1, -0.05) is 4.73 Å². The molecular weight excluding hydrogens is 250 g/mol. The topological polar surface area (TPSA) is 106 Å². The van der Waals surface area contributed by atoms with Crippen LogP contribution in [0.1, 0.15) is 5.56 Å². The van der Waals surface area contributed by atoms with E-state index in [0.717, 1.165) is 5.56 Å². The summed E-state index contributed by atoms with van der Waals surface area (Å²) in [7, 11) is 0. The van der Waals surface area contributed by atoms with Crippen LogP contribution in [0, 0.1) is 0 Å². The lowest BCUT2D eigenvalue weighted by Crippen LogP contribution is -2.34.